The van der Waals surface area contributed by atoms with Gasteiger partial charge in [-0.25, -0.2) is 67.3 Å². The van der Waals surface area contributed by atoms with E-state index in [0.29, 0.717) is 0 Å². The van der Waals surface area contributed by atoms with Gasteiger partial charge in [0.1, 0.15) is 37.1 Å². The number of hydrogen-bond donors (Lipinski definition) is 0. The van der Waals surface area contributed by atoms with Crippen molar-refractivity contribution >= 4 is 361 Å². The van der Waals surface area contributed by atoms with E-state index in [0.717, 1.165) is 0 Å². The van der Waals surface area contributed by atoms with E-state index in [-0.39, 0.29) is 497 Å². The van der Waals surface area contributed by atoms with Crippen LogP contribution in [0.15, 0.2) is 0 Å². The topological polar surface area (TPSA) is 1760 Å². The Morgan fingerprint density at radius 2 is 0.405 bits per heavy atom. The van der Waals surface area contributed by atoms with Crippen LogP contribution in [-0.4, -0.2) is 675 Å². The fourth-order valence-corrected chi connectivity index (χ4v) is 7.60. The first-order valence-corrected chi connectivity index (χ1v) is 22.9. The summed E-state index contributed by atoms with van der Waals surface area (Å²) in [7, 11) is -50.8. The summed E-state index contributed by atoms with van der Waals surface area (Å²) < 4.78 is 320. The van der Waals surface area contributed by atoms with Crippen molar-refractivity contribution in [2.45, 2.75) is 54.8 Å². The van der Waals surface area contributed by atoms with Crippen LogP contribution in [0.5, 0.6) is 0 Å². The van der Waals surface area contributed by atoms with Crippen LogP contribution in [-0.2, 0) is 131 Å². The summed E-state index contributed by atoms with van der Waals surface area (Å²) in [5, 5.41) is 0. The minimum atomic E-state index is -6.58. The predicted octanol–water partition coefficient (Wildman–Crippen LogP) is -22.7. The van der Waals surface area contributed by atoms with Gasteiger partial charge in [-0.05, 0) is 0 Å². The Labute approximate surface area is 797 Å². The molecule has 648 valence electrons. The van der Waals surface area contributed by atoms with Gasteiger partial charge in [-0.15, -0.1) is 0 Å². The third kappa shape index (κ3) is 170. The minimum Gasteiger partial charge on any atom is -0.870 e. The summed E-state index contributed by atoms with van der Waals surface area (Å²) in [5.41, 5.74) is 0. The maximum absolute atomic E-state index is 11.7. The minimum absolute atomic E-state index is 0. The average molecular weight is 2090 g/mol. The van der Waals surface area contributed by atoms with Crippen molar-refractivity contribution in [2.75, 3.05) is 19.8 Å². The Bertz CT molecular complexity index is 2360. The largest absolute Gasteiger partial charge is 3.00 e. The number of rotatable bonds is 21. The van der Waals surface area contributed by atoms with Crippen LogP contribution in [0.4, 0.5) is 0 Å². The summed E-state index contributed by atoms with van der Waals surface area (Å²) in [5.74, 6) is -4.31. The molecular formula is C12H54Al16O75S8. The van der Waals surface area contributed by atoms with Crippen LogP contribution in [0, 0.1) is 0 Å². The first-order valence-electron chi connectivity index (χ1n) is 12.2. The third-order valence-corrected chi connectivity index (χ3v) is 9.18. The monoisotopic (exact) mass is 2090 g/mol. The van der Waals surface area contributed by atoms with Crippen LogP contribution in [0.1, 0.15) is 0 Å². The molecule has 2 rings (SSSR count). The summed E-state index contributed by atoms with van der Waals surface area (Å²) >= 11 is 0. The van der Waals surface area contributed by atoms with Crippen molar-refractivity contribution < 1.29 is 370 Å². The first kappa shape index (κ1) is 410. The number of ether oxygens (including phenoxy) is 3. The molecule has 0 amide bonds. The van der Waals surface area contributed by atoms with Crippen molar-refractivity contribution in [2.24, 2.45) is 0 Å². The molecule has 2 aliphatic heterocycles. The second kappa shape index (κ2) is 160. The molecule has 2 aliphatic rings. The van der Waals surface area contributed by atoms with Gasteiger partial charge in [0.15, 0.2) is 18.5 Å². The Balaban J connectivity index is -0.0000000106. The Hall–Kier alpha value is 5.76. The Morgan fingerprint density at radius 1 is 0.225 bits per heavy atom. The Morgan fingerprint density at radius 3 is 0.604 bits per heavy atom. The molecular weight excluding hydrogens is 2030 g/mol. The second-order valence-corrected chi connectivity index (χ2v) is 17.7. The van der Waals surface area contributed by atoms with Gasteiger partial charge in [0.2, 0.25) is 89.0 Å². The first-order chi connectivity index (χ1) is 24.2. The Kier molecular flexibility index (Phi) is 590. The van der Waals surface area contributed by atoms with Gasteiger partial charge in [-0.1, -0.05) is 0 Å². The van der Waals surface area contributed by atoms with E-state index in [9.17, 15) is 104 Å². The zero-order valence-corrected chi connectivity index (χ0v) is 76.9. The van der Waals surface area contributed by atoms with E-state index in [1.54, 1.807) is 0 Å². The standard InChI is InChI=1S/C12H22O35S8.16Al.40H2O/c13-48(14,15)37-1-4-6(43-51(22,23)24)8(45-53(28,29)30)9(46-54(31,32)33)11(40-4)42-12(3-39-50(19,20)21)10(47-55(34,35)36)7(44-52(25,26)27)5(41-12)2-38-49(16,17)18;;;;;;;;;;;;;;;;;;;;;;;;;;;;;;;;;;;;;;;;;;;;;;;;;;;;;;;;/h4-11H,1-3H2,(H,13,14,15)(H,16,17,18)(H,19,20,21)(H,22,23,24)(H,25,26,27)(H,28,29,30)(H,31,32,33)(H,34,35,36);;;;;;;;;;;;;;;;;40*1H2/q;16*+3;;;;;;;;;;;;;;;;;;;;;;;;;;;;;;;;;;;;;;;;/p-48/t4-,5-,6-,7-,8+,9-,10+,11-,12+;;;;;;;;;;;;;;;;;;;;;;;;;;;;;;;;;;;;;;;;;;;;;;;;;;;;;;;;/m1......................................................../s1. The molecule has 2 heterocycles. The molecule has 99 heteroatoms. The molecule has 0 unspecified atom stereocenters. The summed E-state index contributed by atoms with van der Waals surface area (Å²) in [6.07, 6.45) is -27.5. The van der Waals surface area contributed by atoms with Crippen molar-refractivity contribution in [3.8, 4) is 0 Å². The van der Waals surface area contributed by atoms with E-state index in [1.807, 2.05) is 0 Å². The van der Waals surface area contributed by atoms with Crippen molar-refractivity contribution in [3.63, 3.8) is 0 Å². The van der Waals surface area contributed by atoms with Gasteiger partial charge >= 0.3 is 278 Å². The van der Waals surface area contributed by atoms with Gasteiger partial charge < -0.3 is 270 Å². The van der Waals surface area contributed by atoms with Gasteiger partial charge in [0, 0.05) is 0 Å². The van der Waals surface area contributed by atoms with Crippen LogP contribution in [0.25, 0.3) is 0 Å². The van der Waals surface area contributed by atoms with Gasteiger partial charge in [-0.2, -0.15) is 0 Å². The molecule has 9 atom stereocenters. The molecule has 0 aliphatic carbocycles. The maximum atomic E-state index is 11.7. The molecule has 0 spiro atoms. The SMILES string of the molecule is O=S(=O)([O-])OC[C@H]1O[C@@](COS(=O)(=O)[O-])(O[C@H]2O[C@H](COS(=O)(=O)[O-])[C@@H](OS(=O)(=O)[O-])[C@H](OS(=O)(=O)[O-])[C@H]2OS(=O)(=O)[O-])[C@@H](OS(=O)(=O)[O-])[C@@H]1OS(=O)(=O)[O-].[Al+3].[Al+3].[Al+3].[Al+3].[Al+3].[Al+3].[Al+3].[Al+3].[Al+3].[Al+3].[Al+3].[Al+3].[Al+3].[Al+3].[Al+3].[Al+3].[OH-].[OH-].[OH-].[OH-].[OH-].[OH-].[OH-].[OH-].[OH-].[OH-].[OH-].[OH-].[OH-].[OH-].[OH-].[OH-].[OH-].[OH-].[OH-].[OH-].[OH-].[OH-].[OH-].[OH-].[OH-].[OH-].[OH-].[OH-].[OH-].[OH-].[OH-].[OH-].[OH-].[OH-].[OH-].[OH-].[OH-].[OH-].[OH-].[OH-]. The van der Waals surface area contributed by atoms with Gasteiger partial charge in [-0.3, -0.25) is 33.5 Å². The van der Waals surface area contributed by atoms with Gasteiger partial charge in [0.25, 0.3) is 0 Å². The fourth-order valence-electron chi connectivity index (χ4n) is 4.21. The van der Waals surface area contributed by atoms with E-state index in [1.165, 1.54) is 0 Å². The fraction of sp³-hybridized carbons (Fsp3) is 1.00. The quantitative estimate of drug-likeness (QED) is 0.0585. The number of hydrogen-bond acceptors (Lipinski definition) is 75. The molecule has 2 fully saturated rings. The van der Waals surface area contributed by atoms with E-state index in [2.05, 4.69) is 33.5 Å². The molecule has 75 nitrogen and oxygen atoms in total. The normalized spacial score (nSPS) is 15.2. The average Bonchev–Trinajstić information content (AvgIpc) is 3.15. The summed E-state index contributed by atoms with van der Waals surface area (Å²) in [6.45, 7) is -6.74. The summed E-state index contributed by atoms with van der Waals surface area (Å²) in [6, 6.07) is 0. The van der Waals surface area contributed by atoms with Crippen LogP contribution >= 0.6 is 0 Å². The van der Waals surface area contributed by atoms with Crippen molar-refractivity contribution in [1.82, 2.24) is 0 Å². The molecule has 0 aromatic heterocycles. The molecule has 2 saturated heterocycles. The van der Waals surface area contributed by atoms with Crippen molar-refractivity contribution in [3.05, 3.63) is 0 Å². The van der Waals surface area contributed by atoms with Crippen LogP contribution < -0.4 is 0 Å². The van der Waals surface area contributed by atoms with E-state index in [4.69, 9.17) is 14.2 Å². The predicted molar refractivity (Wildman–Crippen MR) is 307 cm³/mol. The molecule has 40 N–H and O–H groups in total. The molecule has 0 radical (unpaired) electrons. The third-order valence-electron chi connectivity index (χ3n) is 5.65. The van der Waals surface area contributed by atoms with Gasteiger partial charge in [0.05, 0.1) is 13.2 Å². The molecule has 0 saturated carbocycles. The smallest absolute Gasteiger partial charge is 0.870 e. The maximum Gasteiger partial charge on any atom is 3.00 e. The summed E-state index contributed by atoms with van der Waals surface area (Å²) in [4.78, 5) is 0. The zero-order valence-electron chi connectivity index (χ0n) is 51.9. The van der Waals surface area contributed by atoms with Crippen LogP contribution in [0.3, 0.4) is 0 Å². The molecule has 0 bridgehead atoms. The van der Waals surface area contributed by atoms with Crippen LogP contribution in [0.2, 0.25) is 0 Å². The van der Waals surface area contributed by atoms with E-state index >= 15 is 0 Å². The van der Waals surface area contributed by atoms with Crippen molar-refractivity contribution in [1.29, 1.82) is 0 Å². The molecule has 0 aromatic carbocycles. The molecule has 111 heavy (non-hydrogen) atoms. The second-order valence-electron chi connectivity index (χ2n) is 9.49. The van der Waals surface area contributed by atoms with E-state index < -0.39 is 158 Å². The molecule has 0 aromatic rings. The zero-order chi connectivity index (χ0) is 43.0.